The van der Waals surface area contributed by atoms with Gasteiger partial charge in [-0.3, -0.25) is 0 Å². The molecule has 0 spiro atoms. The first-order valence-electron chi connectivity index (χ1n) is 10.3. The fourth-order valence-corrected chi connectivity index (χ4v) is 4.53. The van der Waals surface area contributed by atoms with Crippen molar-refractivity contribution in [2.24, 2.45) is 5.92 Å². The molecule has 0 N–H and O–H groups in total. The van der Waals surface area contributed by atoms with Crippen molar-refractivity contribution in [3.63, 3.8) is 0 Å². The molecule has 162 valence electrons. The molecule has 8 heteroatoms. The third kappa shape index (κ3) is 4.26. The number of methoxy groups -OCH3 is 1. The highest BCUT2D eigenvalue weighted by Gasteiger charge is 2.30. The maximum atomic E-state index is 14.6. The molecule has 2 atom stereocenters. The van der Waals surface area contributed by atoms with Gasteiger partial charge in [0.25, 0.3) is 0 Å². The highest BCUT2D eigenvalue weighted by Crippen LogP contribution is 2.35. The summed E-state index contributed by atoms with van der Waals surface area (Å²) in [7, 11) is 1.57. The van der Waals surface area contributed by atoms with E-state index < -0.39 is 11.6 Å². The molecule has 0 aliphatic carbocycles. The van der Waals surface area contributed by atoms with E-state index in [1.807, 2.05) is 6.07 Å². The van der Waals surface area contributed by atoms with Crippen molar-refractivity contribution in [2.75, 3.05) is 43.1 Å². The van der Waals surface area contributed by atoms with Crippen LogP contribution in [0, 0.1) is 17.6 Å². The van der Waals surface area contributed by atoms with Crippen molar-refractivity contribution < 1.29 is 18.3 Å². The van der Waals surface area contributed by atoms with Gasteiger partial charge < -0.3 is 19.3 Å². The highest BCUT2D eigenvalue weighted by atomic mass is 35.5. The molecular formula is C22H26ClF2N3O2. The highest BCUT2D eigenvalue weighted by molar-refractivity contribution is 6.33. The molecule has 2 aromatic rings. The standard InChI is InChI=1S/C22H26ClF2N3O2/c1-14-13-28(19-11-21(29-2)26-12-16(19)23)8-5-20(14)30-15-9-17(24)22(18(25)10-15)27-6-3-4-7-27/h9-12,14,20H,3-8,13H2,1-2H3. The summed E-state index contributed by atoms with van der Waals surface area (Å²) in [6, 6.07) is 4.43. The third-order valence-electron chi connectivity index (χ3n) is 5.89. The number of rotatable bonds is 5. The first-order chi connectivity index (χ1) is 14.5. The molecule has 4 rings (SSSR count). The summed E-state index contributed by atoms with van der Waals surface area (Å²) in [6.45, 7) is 4.85. The number of aromatic nitrogens is 1. The van der Waals surface area contributed by atoms with Gasteiger partial charge in [-0.1, -0.05) is 18.5 Å². The minimum atomic E-state index is -0.562. The fourth-order valence-electron chi connectivity index (χ4n) is 4.31. The topological polar surface area (TPSA) is 37.8 Å². The molecule has 30 heavy (non-hydrogen) atoms. The molecule has 3 heterocycles. The van der Waals surface area contributed by atoms with Crippen molar-refractivity contribution in [2.45, 2.75) is 32.3 Å². The Hall–Kier alpha value is -2.28. The lowest BCUT2D eigenvalue weighted by Gasteiger charge is -2.38. The van der Waals surface area contributed by atoms with Crippen LogP contribution >= 0.6 is 11.6 Å². The average molecular weight is 438 g/mol. The predicted octanol–water partition coefficient (Wildman–Crippen LogP) is 4.92. The van der Waals surface area contributed by atoms with E-state index in [2.05, 4.69) is 16.8 Å². The van der Waals surface area contributed by atoms with Crippen LogP contribution in [-0.2, 0) is 0 Å². The molecule has 2 fully saturated rings. The van der Waals surface area contributed by atoms with Gasteiger partial charge in [-0.25, -0.2) is 13.8 Å². The molecule has 0 radical (unpaired) electrons. The Labute approximate surface area is 180 Å². The summed E-state index contributed by atoms with van der Waals surface area (Å²) < 4.78 is 40.4. The van der Waals surface area contributed by atoms with Gasteiger partial charge in [-0.2, -0.15) is 0 Å². The van der Waals surface area contributed by atoms with Crippen LogP contribution in [0.4, 0.5) is 20.2 Å². The lowest BCUT2D eigenvalue weighted by atomic mass is 9.96. The van der Waals surface area contributed by atoms with Gasteiger partial charge >= 0.3 is 0 Å². The van der Waals surface area contributed by atoms with E-state index in [0.717, 1.165) is 18.5 Å². The molecule has 2 aliphatic heterocycles. The van der Waals surface area contributed by atoms with E-state index >= 15 is 0 Å². The number of halogens is 3. The maximum Gasteiger partial charge on any atom is 0.215 e. The van der Waals surface area contributed by atoms with Gasteiger partial charge in [-0.05, 0) is 12.8 Å². The van der Waals surface area contributed by atoms with E-state index in [9.17, 15) is 8.78 Å². The van der Waals surface area contributed by atoms with Crippen LogP contribution in [0.1, 0.15) is 26.2 Å². The average Bonchev–Trinajstić information content (AvgIpc) is 3.24. The molecule has 0 amide bonds. The minimum absolute atomic E-state index is 0.0593. The largest absolute Gasteiger partial charge is 0.490 e. The lowest BCUT2D eigenvalue weighted by molar-refractivity contribution is 0.120. The molecule has 1 aromatic carbocycles. The number of anilines is 2. The Kier molecular flexibility index (Phi) is 6.18. The summed E-state index contributed by atoms with van der Waals surface area (Å²) in [5.74, 6) is -0.245. The second-order valence-electron chi connectivity index (χ2n) is 7.98. The van der Waals surface area contributed by atoms with Crippen molar-refractivity contribution in [3.05, 3.63) is 41.1 Å². The van der Waals surface area contributed by atoms with Gasteiger partial charge in [0, 0.05) is 56.7 Å². The molecule has 1 aromatic heterocycles. The molecule has 2 unspecified atom stereocenters. The quantitative estimate of drug-likeness (QED) is 0.664. The summed E-state index contributed by atoms with van der Waals surface area (Å²) >= 11 is 6.33. The molecule has 2 aliphatic rings. The first-order valence-corrected chi connectivity index (χ1v) is 10.7. The number of piperidine rings is 1. The van der Waals surface area contributed by atoms with Crippen molar-refractivity contribution >= 4 is 23.0 Å². The Morgan fingerprint density at radius 2 is 1.77 bits per heavy atom. The van der Waals surface area contributed by atoms with Crippen LogP contribution in [-0.4, -0.2) is 44.4 Å². The van der Waals surface area contributed by atoms with Gasteiger partial charge in [0.15, 0.2) is 11.6 Å². The Morgan fingerprint density at radius 1 is 1.07 bits per heavy atom. The zero-order chi connectivity index (χ0) is 21.3. The molecule has 0 saturated carbocycles. The lowest BCUT2D eigenvalue weighted by Crippen LogP contribution is -2.44. The van der Waals surface area contributed by atoms with E-state index in [1.165, 1.54) is 12.1 Å². The molecular weight excluding hydrogens is 412 g/mol. The number of hydrogen-bond donors (Lipinski definition) is 0. The molecule has 0 bridgehead atoms. The monoisotopic (exact) mass is 437 g/mol. The van der Waals surface area contributed by atoms with Crippen LogP contribution in [0.5, 0.6) is 11.6 Å². The zero-order valence-corrected chi connectivity index (χ0v) is 18.0. The van der Waals surface area contributed by atoms with Crippen LogP contribution in [0.25, 0.3) is 0 Å². The van der Waals surface area contributed by atoms with Gasteiger partial charge in [0.2, 0.25) is 5.88 Å². The first kappa shape index (κ1) is 21.0. The Morgan fingerprint density at radius 3 is 2.40 bits per heavy atom. The van der Waals surface area contributed by atoms with Crippen molar-refractivity contribution in [1.29, 1.82) is 0 Å². The second kappa shape index (κ2) is 8.84. The normalized spacial score (nSPS) is 21.8. The van der Waals surface area contributed by atoms with E-state index in [0.29, 0.717) is 43.5 Å². The molecule has 2 saturated heterocycles. The van der Waals surface area contributed by atoms with Crippen LogP contribution in [0.3, 0.4) is 0 Å². The van der Waals surface area contributed by atoms with Crippen molar-refractivity contribution in [3.8, 4) is 11.6 Å². The zero-order valence-electron chi connectivity index (χ0n) is 17.2. The number of ether oxygens (including phenoxy) is 2. The van der Waals surface area contributed by atoms with E-state index in [-0.39, 0.29) is 23.5 Å². The minimum Gasteiger partial charge on any atom is -0.490 e. The third-order valence-corrected chi connectivity index (χ3v) is 6.18. The second-order valence-corrected chi connectivity index (χ2v) is 8.38. The van der Waals surface area contributed by atoms with Crippen LogP contribution < -0.4 is 19.3 Å². The van der Waals surface area contributed by atoms with Crippen LogP contribution in [0.2, 0.25) is 5.02 Å². The Balaban J connectivity index is 1.45. The number of pyridine rings is 1. The van der Waals surface area contributed by atoms with Crippen LogP contribution in [0.15, 0.2) is 24.4 Å². The predicted molar refractivity (Wildman–Crippen MR) is 114 cm³/mol. The molecule has 5 nitrogen and oxygen atoms in total. The van der Waals surface area contributed by atoms with E-state index in [1.54, 1.807) is 18.2 Å². The summed E-state index contributed by atoms with van der Waals surface area (Å²) in [6.07, 6.45) is 4.07. The fraction of sp³-hybridized carbons (Fsp3) is 0.500. The van der Waals surface area contributed by atoms with Gasteiger partial charge in [0.1, 0.15) is 17.5 Å². The smallest absolute Gasteiger partial charge is 0.215 e. The number of hydrogen-bond acceptors (Lipinski definition) is 5. The van der Waals surface area contributed by atoms with E-state index in [4.69, 9.17) is 21.1 Å². The SMILES string of the molecule is COc1cc(N2CCC(Oc3cc(F)c(N4CCCC4)c(F)c3)C(C)C2)c(Cl)cn1. The number of nitrogens with zero attached hydrogens (tertiary/aromatic N) is 3. The maximum absolute atomic E-state index is 14.6. The number of benzene rings is 1. The summed E-state index contributed by atoms with van der Waals surface area (Å²) in [4.78, 5) is 8.04. The Bertz CT molecular complexity index is 885. The van der Waals surface area contributed by atoms with Crippen molar-refractivity contribution in [1.82, 2.24) is 4.98 Å². The summed E-state index contributed by atoms with van der Waals surface area (Å²) in [5.41, 5.74) is 0.921. The van der Waals surface area contributed by atoms with Gasteiger partial charge in [-0.15, -0.1) is 0 Å². The summed E-state index contributed by atoms with van der Waals surface area (Å²) in [5, 5.41) is 0.559. The van der Waals surface area contributed by atoms with Gasteiger partial charge in [0.05, 0.1) is 24.0 Å².